The number of amides is 1. The van der Waals surface area contributed by atoms with Crippen LogP contribution in [0.5, 0.6) is 0 Å². The first-order chi connectivity index (χ1) is 14.6. The third kappa shape index (κ3) is 3.91. The molecule has 1 atom stereocenters. The lowest BCUT2D eigenvalue weighted by Crippen LogP contribution is -2.40. The van der Waals surface area contributed by atoms with Gasteiger partial charge >= 0.3 is 0 Å². The highest BCUT2D eigenvalue weighted by atomic mass is 16.5. The predicted molar refractivity (Wildman–Crippen MR) is 106 cm³/mol. The molecule has 1 saturated heterocycles. The first-order valence-corrected chi connectivity index (χ1v) is 10.7. The molecule has 8 nitrogen and oxygen atoms in total. The molecule has 5 rings (SSSR count). The molecule has 2 fully saturated rings. The Bertz CT molecular complexity index is 1030. The SMILES string of the molecule is Cc1noc(C)c1Cc1ccc(C(=O)N2CCCC(Cc3noc(C4CC4)n3)C2)o1. The third-order valence-corrected chi connectivity index (χ3v) is 6.09. The molecule has 0 spiro atoms. The Morgan fingerprint density at radius 2 is 2.03 bits per heavy atom. The zero-order chi connectivity index (χ0) is 20.7. The van der Waals surface area contributed by atoms with Crippen LogP contribution in [0.3, 0.4) is 0 Å². The molecule has 1 aliphatic heterocycles. The van der Waals surface area contributed by atoms with E-state index >= 15 is 0 Å². The normalized spacial score (nSPS) is 19.4. The van der Waals surface area contributed by atoms with Crippen molar-refractivity contribution in [1.82, 2.24) is 20.2 Å². The number of furan rings is 1. The summed E-state index contributed by atoms with van der Waals surface area (Å²) in [6.45, 7) is 5.22. The van der Waals surface area contributed by atoms with E-state index in [9.17, 15) is 4.79 Å². The van der Waals surface area contributed by atoms with Gasteiger partial charge < -0.3 is 18.4 Å². The monoisotopic (exact) mass is 410 g/mol. The smallest absolute Gasteiger partial charge is 0.289 e. The van der Waals surface area contributed by atoms with E-state index in [1.54, 1.807) is 6.07 Å². The summed E-state index contributed by atoms with van der Waals surface area (Å²) in [6.07, 6.45) is 5.64. The van der Waals surface area contributed by atoms with E-state index in [-0.39, 0.29) is 5.91 Å². The maximum absolute atomic E-state index is 13.0. The van der Waals surface area contributed by atoms with Gasteiger partial charge in [-0.05, 0) is 57.6 Å². The molecule has 0 aromatic carbocycles. The number of likely N-dealkylation sites (tertiary alicyclic amines) is 1. The predicted octanol–water partition coefficient (Wildman–Crippen LogP) is 3.83. The van der Waals surface area contributed by atoms with Crippen LogP contribution in [-0.2, 0) is 12.8 Å². The Hall–Kier alpha value is -2.90. The van der Waals surface area contributed by atoms with Crippen LogP contribution in [0.2, 0.25) is 0 Å². The van der Waals surface area contributed by atoms with Gasteiger partial charge in [-0.15, -0.1) is 0 Å². The van der Waals surface area contributed by atoms with Crippen LogP contribution in [0.1, 0.15) is 76.6 Å². The Morgan fingerprint density at radius 3 is 2.80 bits per heavy atom. The van der Waals surface area contributed by atoms with Crippen LogP contribution in [-0.4, -0.2) is 39.2 Å². The zero-order valence-corrected chi connectivity index (χ0v) is 17.4. The molecule has 158 valence electrons. The highest BCUT2D eigenvalue weighted by Crippen LogP contribution is 2.39. The van der Waals surface area contributed by atoms with Crippen molar-refractivity contribution in [2.45, 2.75) is 58.3 Å². The molecule has 0 bridgehead atoms. The number of hydrogen-bond acceptors (Lipinski definition) is 7. The van der Waals surface area contributed by atoms with Crippen molar-refractivity contribution >= 4 is 5.91 Å². The Kier molecular flexibility index (Phi) is 4.92. The summed E-state index contributed by atoms with van der Waals surface area (Å²) in [6, 6.07) is 3.62. The van der Waals surface area contributed by atoms with Gasteiger partial charge in [-0.2, -0.15) is 4.98 Å². The quantitative estimate of drug-likeness (QED) is 0.609. The molecular weight excluding hydrogens is 384 g/mol. The summed E-state index contributed by atoms with van der Waals surface area (Å²) in [5.41, 5.74) is 1.86. The fourth-order valence-electron chi connectivity index (χ4n) is 4.19. The summed E-state index contributed by atoms with van der Waals surface area (Å²) in [5.74, 6) is 4.18. The average Bonchev–Trinajstić information content (AvgIpc) is 3.17. The van der Waals surface area contributed by atoms with Gasteiger partial charge in [0.05, 0.1) is 5.69 Å². The second-order valence-electron chi connectivity index (χ2n) is 8.53. The van der Waals surface area contributed by atoms with Gasteiger partial charge in [0, 0.05) is 37.4 Å². The van der Waals surface area contributed by atoms with Crippen LogP contribution in [0.4, 0.5) is 0 Å². The van der Waals surface area contributed by atoms with E-state index in [4.69, 9.17) is 13.5 Å². The van der Waals surface area contributed by atoms with Crippen LogP contribution >= 0.6 is 0 Å². The molecule has 30 heavy (non-hydrogen) atoms. The number of piperidine rings is 1. The van der Waals surface area contributed by atoms with Crippen molar-refractivity contribution in [3.05, 3.63) is 52.4 Å². The topological polar surface area (TPSA) is 98.4 Å². The number of carbonyl (C=O) groups is 1. The van der Waals surface area contributed by atoms with Crippen molar-refractivity contribution in [3.63, 3.8) is 0 Å². The molecule has 1 saturated carbocycles. The molecule has 0 radical (unpaired) electrons. The number of nitrogens with zero attached hydrogens (tertiary/aromatic N) is 4. The second kappa shape index (κ2) is 7.74. The molecule has 1 amide bonds. The standard InChI is InChI=1S/C22H26N4O4/c1-13-18(14(2)29-24-13)11-17-7-8-19(28-17)22(27)26-9-3-4-15(12-26)10-20-23-21(30-25-20)16-5-6-16/h7-8,15-16H,3-6,9-12H2,1-2H3. The molecule has 0 N–H and O–H groups in total. The minimum Gasteiger partial charge on any atom is -0.456 e. The zero-order valence-electron chi connectivity index (χ0n) is 17.4. The van der Waals surface area contributed by atoms with Crippen molar-refractivity contribution < 1.29 is 18.3 Å². The summed E-state index contributed by atoms with van der Waals surface area (Å²) in [7, 11) is 0. The van der Waals surface area contributed by atoms with E-state index in [1.807, 2.05) is 24.8 Å². The summed E-state index contributed by atoms with van der Waals surface area (Å²) < 4.78 is 16.5. The molecule has 1 unspecified atom stereocenters. The van der Waals surface area contributed by atoms with Crippen LogP contribution in [0.15, 0.2) is 25.6 Å². The fraction of sp³-hybridized carbons (Fsp3) is 0.545. The van der Waals surface area contributed by atoms with Gasteiger partial charge in [0.25, 0.3) is 5.91 Å². The van der Waals surface area contributed by atoms with Crippen LogP contribution in [0.25, 0.3) is 0 Å². The second-order valence-corrected chi connectivity index (χ2v) is 8.53. The lowest BCUT2D eigenvalue weighted by atomic mass is 9.94. The molecule has 4 heterocycles. The average molecular weight is 410 g/mol. The Morgan fingerprint density at radius 1 is 1.17 bits per heavy atom. The van der Waals surface area contributed by atoms with Crippen LogP contribution in [0, 0.1) is 19.8 Å². The lowest BCUT2D eigenvalue weighted by molar-refractivity contribution is 0.0638. The first kappa shape index (κ1) is 19.1. The molecule has 2 aliphatic rings. The molecule has 3 aromatic heterocycles. The van der Waals surface area contributed by atoms with Gasteiger partial charge in [0.2, 0.25) is 5.89 Å². The molecule has 3 aromatic rings. The molecule has 1 aliphatic carbocycles. The maximum Gasteiger partial charge on any atom is 0.289 e. The number of aromatic nitrogens is 3. The van der Waals surface area contributed by atoms with Gasteiger partial charge in [0.15, 0.2) is 11.6 Å². The first-order valence-electron chi connectivity index (χ1n) is 10.7. The number of hydrogen-bond donors (Lipinski definition) is 0. The highest BCUT2D eigenvalue weighted by Gasteiger charge is 2.31. The van der Waals surface area contributed by atoms with E-state index in [1.165, 1.54) is 0 Å². The summed E-state index contributed by atoms with van der Waals surface area (Å²) >= 11 is 0. The van der Waals surface area contributed by atoms with Crippen molar-refractivity contribution in [2.75, 3.05) is 13.1 Å². The number of rotatable bonds is 6. The molecular formula is C22H26N4O4. The number of aryl methyl sites for hydroxylation is 2. The van der Waals surface area contributed by atoms with Crippen LogP contribution < -0.4 is 0 Å². The van der Waals surface area contributed by atoms with E-state index in [0.29, 0.717) is 30.6 Å². The third-order valence-electron chi connectivity index (χ3n) is 6.09. The minimum absolute atomic E-state index is 0.0588. The van der Waals surface area contributed by atoms with E-state index < -0.39 is 0 Å². The van der Waals surface area contributed by atoms with Crippen molar-refractivity contribution in [1.29, 1.82) is 0 Å². The van der Waals surface area contributed by atoms with Crippen molar-refractivity contribution in [2.24, 2.45) is 5.92 Å². The lowest BCUT2D eigenvalue weighted by Gasteiger charge is -2.31. The van der Waals surface area contributed by atoms with Gasteiger partial charge in [0.1, 0.15) is 11.5 Å². The van der Waals surface area contributed by atoms with Gasteiger partial charge in [-0.25, -0.2) is 0 Å². The van der Waals surface area contributed by atoms with Crippen molar-refractivity contribution in [3.8, 4) is 0 Å². The fourth-order valence-corrected chi connectivity index (χ4v) is 4.19. The van der Waals surface area contributed by atoms with Gasteiger partial charge in [-0.3, -0.25) is 4.79 Å². The Labute approximate surface area is 174 Å². The van der Waals surface area contributed by atoms with E-state index in [2.05, 4.69) is 15.3 Å². The minimum atomic E-state index is -0.0588. The highest BCUT2D eigenvalue weighted by molar-refractivity contribution is 5.91. The van der Waals surface area contributed by atoms with E-state index in [0.717, 1.165) is 73.1 Å². The molecule has 8 heteroatoms. The summed E-state index contributed by atoms with van der Waals surface area (Å²) in [5, 5.41) is 8.11. The summed E-state index contributed by atoms with van der Waals surface area (Å²) in [4.78, 5) is 19.4. The number of carbonyl (C=O) groups excluding carboxylic acids is 1. The van der Waals surface area contributed by atoms with Gasteiger partial charge in [-0.1, -0.05) is 10.3 Å². The Balaban J connectivity index is 1.21. The maximum atomic E-state index is 13.0. The largest absolute Gasteiger partial charge is 0.456 e.